The van der Waals surface area contributed by atoms with Crippen molar-refractivity contribution in [1.29, 1.82) is 0 Å². The van der Waals surface area contributed by atoms with E-state index in [4.69, 9.17) is 23.7 Å². The highest BCUT2D eigenvalue weighted by Gasteiger charge is 2.50. The molecular formula is C61H100O12. The molecule has 6 atom stereocenters. The van der Waals surface area contributed by atoms with Crippen molar-refractivity contribution in [2.75, 3.05) is 13.2 Å². The number of aliphatic hydroxyl groups is 2. The second-order valence-corrected chi connectivity index (χ2v) is 19.2. The van der Waals surface area contributed by atoms with E-state index in [1.165, 1.54) is 57.8 Å². The highest BCUT2D eigenvalue weighted by molar-refractivity contribution is 5.74. The lowest BCUT2D eigenvalue weighted by Crippen LogP contribution is -2.61. The number of allylic oxidation sites excluding steroid dienone is 14. The van der Waals surface area contributed by atoms with E-state index >= 15 is 0 Å². The molecular weight excluding hydrogens is 925 g/mol. The molecule has 1 aliphatic rings. The SMILES string of the molecule is CC/C=C\C/C=C\C/C=C\C/C=C\CCC(=O)OCC(COC1OC(C(=O)O)C(O)C(O)C1OC(=O)CCCCCCCCC/C=C\C/C=C\C/C=C\CC)OC(=O)CCCCCCCCCCCCCCC. The lowest BCUT2D eigenvalue weighted by Gasteiger charge is -2.40. The minimum Gasteiger partial charge on any atom is -0.479 e. The molecule has 416 valence electrons. The van der Waals surface area contributed by atoms with Gasteiger partial charge in [0.25, 0.3) is 0 Å². The average Bonchev–Trinajstić information content (AvgIpc) is 3.37. The predicted octanol–water partition coefficient (Wildman–Crippen LogP) is 14.3. The van der Waals surface area contributed by atoms with Gasteiger partial charge in [0.1, 0.15) is 18.8 Å². The van der Waals surface area contributed by atoms with Gasteiger partial charge >= 0.3 is 23.9 Å². The standard InChI is InChI=1S/C61H100O12/c1-4-7-10-13-16-19-22-25-26-27-28-31-34-37-40-43-46-49-55(64)72-59-57(66)56(65)58(60(67)68)73-61(59)70-51-52(71-54(63)48-45-42-39-36-33-30-24-21-18-15-12-9-6-3)50-69-53(62)47-44-41-38-35-32-29-23-20-17-14-11-8-5-2/h7-8,10-11,16-17,19-20,25-26,29,32,38,41,52,56-59,61,65-66H,4-6,9,12-15,18,21-24,27-28,30-31,33-37,39-40,42-51H2,1-3H3,(H,67,68)/b10-7-,11-8-,19-16-,20-17-,26-25-,32-29-,41-38-. The van der Waals surface area contributed by atoms with E-state index in [9.17, 15) is 34.5 Å². The van der Waals surface area contributed by atoms with Crippen molar-refractivity contribution in [3.8, 4) is 0 Å². The lowest BCUT2D eigenvalue weighted by molar-refractivity contribution is -0.301. The summed E-state index contributed by atoms with van der Waals surface area (Å²) in [5.74, 6) is -3.24. The molecule has 0 saturated carbocycles. The van der Waals surface area contributed by atoms with Crippen LogP contribution in [0.4, 0.5) is 0 Å². The highest BCUT2D eigenvalue weighted by Crippen LogP contribution is 2.26. The third-order valence-electron chi connectivity index (χ3n) is 12.5. The van der Waals surface area contributed by atoms with Crippen LogP contribution in [0.25, 0.3) is 0 Å². The summed E-state index contributed by atoms with van der Waals surface area (Å²) in [6.45, 7) is 5.69. The Morgan fingerprint density at radius 3 is 1.37 bits per heavy atom. The van der Waals surface area contributed by atoms with Crippen LogP contribution in [0.15, 0.2) is 85.1 Å². The van der Waals surface area contributed by atoms with Crippen LogP contribution >= 0.6 is 0 Å². The first-order chi connectivity index (χ1) is 35.6. The van der Waals surface area contributed by atoms with E-state index in [-0.39, 0.29) is 25.9 Å². The molecule has 1 heterocycles. The predicted molar refractivity (Wildman–Crippen MR) is 294 cm³/mol. The maximum atomic E-state index is 13.1. The average molecular weight is 1030 g/mol. The van der Waals surface area contributed by atoms with Crippen LogP contribution in [0.2, 0.25) is 0 Å². The van der Waals surface area contributed by atoms with Gasteiger partial charge in [-0.3, -0.25) is 14.4 Å². The Morgan fingerprint density at radius 2 is 0.890 bits per heavy atom. The zero-order chi connectivity index (χ0) is 53.3. The quantitative estimate of drug-likeness (QED) is 0.0228. The number of carbonyl (C=O) groups is 4. The first kappa shape index (κ1) is 66.9. The summed E-state index contributed by atoms with van der Waals surface area (Å²) in [6, 6.07) is 0. The Morgan fingerprint density at radius 1 is 0.466 bits per heavy atom. The molecule has 1 saturated heterocycles. The van der Waals surface area contributed by atoms with Crippen molar-refractivity contribution in [2.45, 2.75) is 263 Å². The molecule has 0 radical (unpaired) electrons. The van der Waals surface area contributed by atoms with E-state index in [1.54, 1.807) is 0 Å². The second-order valence-electron chi connectivity index (χ2n) is 19.2. The van der Waals surface area contributed by atoms with Gasteiger partial charge in [-0.05, 0) is 77.0 Å². The smallest absolute Gasteiger partial charge is 0.335 e. The molecule has 1 aliphatic heterocycles. The van der Waals surface area contributed by atoms with E-state index in [0.717, 1.165) is 109 Å². The molecule has 12 heteroatoms. The van der Waals surface area contributed by atoms with E-state index in [0.29, 0.717) is 19.3 Å². The summed E-state index contributed by atoms with van der Waals surface area (Å²) in [5, 5.41) is 31.4. The number of unbranched alkanes of at least 4 members (excludes halogenated alkanes) is 19. The van der Waals surface area contributed by atoms with Crippen LogP contribution in [-0.4, -0.2) is 89.2 Å². The molecule has 1 fully saturated rings. The van der Waals surface area contributed by atoms with E-state index < -0.39 is 67.3 Å². The minimum absolute atomic E-state index is 0.0405. The zero-order valence-corrected chi connectivity index (χ0v) is 45.6. The third-order valence-corrected chi connectivity index (χ3v) is 12.5. The van der Waals surface area contributed by atoms with Crippen molar-refractivity contribution >= 4 is 23.9 Å². The Kier molecular flexibility index (Phi) is 44.7. The molecule has 0 spiro atoms. The molecule has 0 aliphatic carbocycles. The van der Waals surface area contributed by atoms with Crippen LogP contribution < -0.4 is 0 Å². The van der Waals surface area contributed by atoms with Gasteiger partial charge in [0.2, 0.25) is 0 Å². The molecule has 6 unspecified atom stereocenters. The van der Waals surface area contributed by atoms with E-state index in [2.05, 4.69) is 93.7 Å². The van der Waals surface area contributed by atoms with Crippen molar-refractivity contribution in [2.24, 2.45) is 0 Å². The van der Waals surface area contributed by atoms with Crippen molar-refractivity contribution in [1.82, 2.24) is 0 Å². The summed E-state index contributed by atoms with van der Waals surface area (Å²) in [4.78, 5) is 51.0. The maximum absolute atomic E-state index is 13.1. The van der Waals surface area contributed by atoms with Gasteiger partial charge in [-0.15, -0.1) is 0 Å². The number of hydrogen-bond donors (Lipinski definition) is 3. The van der Waals surface area contributed by atoms with Crippen LogP contribution in [0, 0.1) is 0 Å². The van der Waals surface area contributed by atoms with Crippen LogP contribution in [-0.2, 0) is 42.9 Å². The van der Waals surface area contributed by atoms with Gasteiger partial charge < -0.3 is 39.0 Å². The fourth-order valence-electron chi connectivity index (χ4n) is 8.16. The first-order valence-corrected chi connectivity index (χ1v) is 28.6. The highest BCUT2D eigenvalue weighted by atomic mass is 16.7. The summed E-state index contributed by atoms with van der Waals surface area (Å²) >= 11 is 0. The van der Waals surface area contributed by atoms with Crippen molar-refractivity contribution in [3.63, 3.8) is 0 Å². The number of aliphatic hydroxyl groups excluding tert-OH is 2. The van der Waals surface area contributed by atoms with Crippen LogP contribution in [0.3, 0.4) is 0 Å². The fraction of sp³-hybridized carbons (Fsp3) is 0.705. The van der Waals surface area contributed by atoms with Gasteiger partial charge in [-0.1, -0.05) is 215 Å². The van der Waals surface area contributed by atoms with Gasteiger partial charge in [0.05, 0.1) is 6.61 Å². The minimum atomic E-state index is -1.92. The topological polar surface area (TPSA) is 175 Å². The second kappa shape index (κ2) is 48.8. The molecule has 3 N–H and O–H groups in total. The summed E-state index contributed by atoms with van der Waals surface area (Å²) < 4.78 is 28.3. The number of esters is 3. The number of ether oxygens (including phenoxy) is 5. The molecule has 0 aromatic carbocycles. The molecule has 0 bridgehead atoms. The molecule has 0 amide bonds. The molecule has 73 heavy (non-hydrogen) atoms. The van der Waals surface area contributed by atoms with Crippen molar-refractivity contribution < 1.29 is 58.2 Å². The van der Waals surface area contributed by atoms with E-state index in [1.807, 2.05) is 12.2 Å². The van der Waals surface area contributed by atoms with Gasteiger partial charge in [-0.25, -0.2) is 4.79 Å². The molecule has 0 aromatic rings. The summed E-state index contributed by atoms with van der Waals surface area (Å²) in [5.41, 5.74) is 0. The number of rotatable bonds is 47. The fourth-order valence-corrected chi connectivity index (χ4v) is 8.16. The monoisotopic (exact) mass is 1020 g/mol. The van der Waals surface area contributed by atoms with Gasteiger partial charge in [0.15, 0.2) is 24.6 Å². The Balaban J connectivity index is 2.73. The van der Waals surface area contributed by atoms with Crippen molar-refractivity contribution in [3.05, 3.63) is 85.1 Å². The summed E-state index contributed by atoms with van der Waals surface area (Å²) in [6.07, 6.45) is 50.0. The maximum Gasteiger partial charge on any atom is 0.335 e. The molecule has 12 nitrogen and oxygen atoms in total. The van der Waals surface area contributed by atoms with Gasteiger partial charge in [-0.2, -0.15) is 0 Å². The number of aliphatic carboxylic acids is 1. The molecule has 1 rings (SSSR count). The van der Waals surface area contributed by atoms with Crippen LogP contribution in [0.5, 0.6) is 0 Å². The lowest BCUT2D eigenvalue weighted by atomic mass is 9.98. The number of carbonyl (C=O) groups excluding carboxylic acids is 3. The first-order valence-electron chi connectivity index (χ1n) is 28.6. The Hall–Kier alpha value is -4.10. The third kappa shape index (κ3) is 39.0. The number of hydrogen-bond acceptors (Lipinski definition) is 11. The summed E-state index contributed by atoms with van der Waals surface area (Å²) in [7, 11) is 0. The largest absolute Gasteiger partial charge is 0.479 e. The number of carboxylic acid groups (broad SMARTS) is 1. The Bertz CT molecular complexity index is 1590. The normalized spacial score (nSPS) is 18.9. The Labute approximate surface area is 441 Å². The zero-order valence-electron chi connectivity index (χ0n) is 45.6. The van der Waals surface area contributed by atoms with Gasteiger partial charge in [0, 0.05) is 19.3 Å². The van der Waals surface area contributed by atoms with Crippen LogP contribution in [0.1, 0.15) is 226 Å². The number of carboxylic acids is 1. The molecule has 0 aromatic heterocycles.